The molecule has 0 fully saturated rings. The van der Waals surface area contributed by atoms with Crippen molar-refractivity contribution in [1.29, 1.82) is 0 Å². The lowest BCUT2D eigenvalue weighted by molar-refractivity contribution is 0.102. The van der Waals surface area contributed by atoms with Gasteiger partial charge in [-0.25, -0.2) is 0 Å². The van der Waals surface area contributed by atoms with E-state index in [9.17, 15) is 4.79 Å². The molecule has 180 valence electrons. The number of methoxy groups -OCH3 is 4. The van der Waals surface area contributed by atoms with Crippen molar-refractivity contribution < 1.29 is 23.7 Å². The van der Waals surface area contributed by atoms with Gasteiger partial charge in [0, 0.05) is 32.5 Å². The molecule has 0 unspecified atom stereocenters. The standard InChI is InChI=1S/C27H26N2O5S/c1-16-26(14-18-13-24(33-4)25(34-5)15-21(18)28-16)35-20-9-7-19(8-10-20)29-27(30)17-6-11-22(31-2)23(12-17)32-3/h6-15H,1-5H3,(H,29,30). The summed E-state index contributed by atoms with van der Waals surface area (Å²) < 4.78 is 21.3. The molecular formula is C27H26N2O5S. The molecule has 0 saturated carbocycles. The van der Waals surface area contributed by atoms with E-state index in [1.807, 2.05) is 43.3 Å². The highest BCUT2D eigenvalue weighted by atomic mass is 32.2. The summed E-state index contributed by atoms with van der Waals surface area (Å²) in [5.74, 6) is 2.16. The number of aryl methyl sites for hydroxylation is 1. The first-order valence-electron chi connectivity index (χ1n) is 10.8. The molecule has 35 heavy (non-hydrogen) atoms. The molecule has 0 saturated heterocycles. The van der Waals surface area contributed by atoms with Crippen LogP contribution in [0.2, 0.25) is 0 Å². The number of nitrogens with one attached hydrogen (secondary N) is 1. The lowest BCUT2D eigenvalue weighted by atomic mass is 10.2. The number of fused-ring (bicyclic) bond motifs is 1. The summed E-state index contributed by atoms with van der Waals surface area (Å²) in [6.07, 6.45) is 0. The molecule has 3 aromatic carbocycles. The fourth-order valence-corrected chi connectivity index (χ4v) is 4.50. The zero-order valence-electron chi connectivity index (χ0n) is 20.2. The van der Waals surface area contributed by atoms with Crippen LogP contribution in [0.4, 0.5) is 5.69 Å². The van der Waals surface area contributed by atoms with Gasteiger partial charge >= 0.3 is 0 Å². The third kappa shape index (κ3) is 5.27. The molecular weight excluding hydrogens is 464 g/mol. The van der Waals surface area contributed by atoms with Crippen molar-refractivity contribution in [2.45, 2.75) is 16.7 Å². The van der Waals surface area contributed by atoms with Crippen molar-refractivity contribution in [2.75, 3.05) is 33.8 Å². The smallest absolute Gasteiger partial charge is 0.255 e. The Balaban J connectivity index is 1.50. The van der Waals surface area contributed by atoms with E-state index in [0.717, 1.165) is 26.4 Å². The Hall–Kier alpha value is -3.91. The molecule has 4 aromatic rings. The van der Waals surface area contributed by atoms with Gasteiger partial charge < -0.3 is 24.3 Å². The highest BCUT2D eigenvalue weighted by molar-refractivity contribution is 7.99. The molecule has 0 aliphatic carbocycles. The third-order valence-corrected chi connectivity index (χ3v) is 6.59. The van der Waals surface area contributed by atoms with Gasteiger partial charge in [0.15, 0.2) is 23.0 Å². The number of rotatable bonds is 8. The highest BCUT2D eigenvalue weighted by Gasteiger charge is 2.13. The van der Waals surface area contributed by atoms with Gasteiger partial charge in [-0.15, -0.1) is 0 Å². The van der Waals surface area contributed by atoms with Crippen LogP contribution < -0.4 is 24.3 Å². The van der Waals surface area contributed by atoms with Crippen LogP contribution in [-0.4, -0.2) is 39.3 Å². The molecule has 1 heterocycles. The maximum absolute atomic E-state index is 12.7. The summed E-state index contributed by atoms with van der Waals surface area (Å²) in [5, 5.41) is 3.88. The Morgan fingerprint density at radius 1 is 0.771 bits per heavy atom. The maximum Gasteiger partial charge on any atom is 0.255 e. The van der Waals surface area contributed by atoms with Gasteiger partial charge in [0.2, 0.25) is 0 Å². The first-order chi connectivity index (χ1) is 16.9. The van der Waals surface area contributed by atoms with Crippen LogP contribution in [-0.2, 0) is 0 Å². The number of hydrogen-bond acceptors (Lipinski definition) is 7. The summed E-state index contributed by atoms with van der Waals surface area (Å²) in [7, 11) is 6.32. The summed E-state index contributed by atoms with van der Waals surface area (Å²) in [4.78, 5) is 19.5. The Bertz CT molecular complexity index is 1370. The number of pyridine rings is 1. The number of aromatic nitrogens is 1. The van der Waals surface area contributed by atoms with E-state index in [4.69, 9.17) is 23.9 Å². The first-order valence-corrected chi connectivity index (χ1v) is 11.6. The van der Waals surface area contributed by atoms with Gasteiger partial charge in [0.25, 0.3) is 5.91 Å². The predicted octanol–water partition coefficient (Wildman–Crippen LogP) is 5.98. The topological polar surface area (TPSA) is 78.9 Å². The monoisotopic (exact) mass is 490 g/mol. The third-order valence-electron chi connectivity index (χ3n) is 5.45. The van der Waals surface area contributed by atoms with Crippen molar-refractivity contribution in [3.8, 4) is 23.0 Å². The van der Waals surface area contributed by atoms with Gasteiger partial charge in [0.05, 0.1) is 39.6 Å². The van der Waals surface area contributed by atoms with Gasteiger partial charge in [-0.3, -0.25) is 9.78 Å². The molecule has 0 aliphatic heterocycles. The second-order valence-corrected chi connectivity index (χ2v) is 8.74. The minimum absolute atomic E-state index is 0.231. The molecule has 4 rings (SSSR count). The molecule has 0 radical (unpaired) electrons. The van der Waals surface area contributed by atoms with E-state index < -0.39 is 0 Å². The molecule has 0 aliphatic rings. The molecule has 1 N–H and O–H groups in total. The van der Waals surface area contributed by atoms with Crippen LogP contribution >= 0.6 is 11.8 Å². The SMILES string of the molecule is COc1ccc(C(=O)Nc2ccc(Sc3cc4cc(OC)c(OC)cc4nc3C)cc2)cc1OC. The first kappa shape index (κ1) is 24.2. The van der Waals surface area contributed by atoms with Crippen molar-refractivity contribution >= 4 is 34.3 Å². The second-order valence-electron chi connectivity index (χ2n) is 7.62. The average Bonchev–Trinajstić information content (AvgIpc) is 2.88. The number of ether oxygens (including phenoxy) is 4. The Labute approximate surface area is 208 Å². The molecule has 0 bridgehead atoms. The van der Waals surface area contributed by atoms with Crippen molar-refractivity contribution in [1.82, 2.24) is 4.98 Å². The zero-order valence-corrected chi connectivity index (χ0v) is 21.0. The second kappa shape index (κ2) is 10.6. The Morgan fingerprint density at radius 3 is 2.06 bits per heavy atom. The fraction of sp³-hybridized carbons (Fsp3) is 0.185. The van der Waals surface area contributed by atoms with Gasteiger partial charge in [-0.2, -0.15) is 0 Å². The number of carbonyl (C=O) groups excluding carboxylic acids is 1. The van der Waals surface area contributed by atoms with Gasteiger partial charge in [-0.1, -0.05) is 11.8 Å². The minimum atomic E-state index is -0.231. The molecule has 0 atom stereocenters. The lowest BCUT2D eigenvalue weighted by Gasteiger charge is -2.12. The number of amides is 1. The number of carbonyl (C=O) groups is 1. The van der Waals surface area contributed by atoms with E-state index in [2.05, 4.69) is 11.4 Å². The summed E-state index contributed by atoms with van der Waals surface area (Å²) in [6.45, 7) is 1.98. The van der Waals surface area contributed by atoms with Crippen LogP contribution in [0.5, 0.6) is 23.0 Å². The number of anilines is 1. The van der Waals surface area contributed by atoms with E-state index in [1.165, 1.54) is 7.11 Å². The highest BCUT2D eigenvalue weighted by Crippen LogP contribution is 2.36. The molecule has 0 spiro atoms. The summed E-state index contributed by atoms with van der Waals surface area (Å²) in [6, 6.07) is 18.6. The van der Waals surface area contributed by atoms with E-state index in [0.29, 0.717) is 34.2 Å². The number of nitrogens with zero attached hydrogens (tertiary/aromatic N) is 1. The van der Waals surface area contributed by atoms with Gasteiger partial charge in [-0.05, 0) is 61.5 Å². The van der Waals surface area contributed by atoms with Crippen LogP contribution in [0.1, 0.15) is 16.1 Å². The average molecular weight is 491 g/mol. The summed E-state index contributed by atoms with van der Waals surface area (Å²) >= 11 is 1.61. The van der Waals surface area contributed by atoms with Crippen LogP contribution in [0.15, 0.2) is 70.5 Å². The fourth-order valence-electron chi connectivity index (χ4n) is 3.60. The quantitative estimate of drug-likeness (QED) is 0.325. The van der Waals surface area contributed by atoms with E-state index in [1.54, 1.807) is 51.3 Å². The van der Waals surface area contributed by atoms with E-state index >= 15 is 0 Å². The molecule has 7 nitrogen and oxygen atoms in total. The maximum atomic E-state index is 12.7. The zero-order chi connectivity index (χ0) is 24.9. The summed E-state index contributed by atoms with van der Waals surface area (Å²) in [5.41, 5.74) is 2.93. The van der Waals surface area contributed by atoms with Crippen molar-refractivity contribution in [3.05, 3.63) is 71.9 Å². The normalized spacial score (nSPS) is 10.7. The van der Waals surface area contributed by atoms with Gasteiger partial charge in [0.1, 0.15) is 0 Å². The molecule has 8 heteroatoms. The van der Waals surface area contributed by atoms with E-state index in [-0.39, 0.29) is 5.91 Å². The lowest BCUT2D eigenvalue weighted by Crippen LogP contribution is -2.12. The largest absolute Gasteiger partial charge is 0.493 e. The van der Waals surface area contributed by atoms with Crippen molar-refractivity contribution in [2.24, 2.45) is 0 Å². The molecule has 1 amide bonds. The number of benzene rings is 3. The number of hydrogen-bond donors (Lipinski definition) is 1. The van der Waals surface area contributed by atoms with Crippen LogP contribution in [0.25, 0.3) is 10.9 Å². The van der Waals surface area contributed by atoms with Crippen molar-refractivity contribution in [3.63, 3.8) is 0 Å². The minimum Gasteiger partial charge on any atom is -0.493 e. The predicted molar refractivity (Wildman–Crippen MR) is 138 cm³/mol. The van der Waals surface area contributed by atoms with Crippen LogP contribution in [0, 0.1) is 6.92 Å². The Morgan fingerprint density at radius 2 is 1.40 bits per heavy atom. The Kier molecular flexibility index (Phi) is 7.31. The van der Waals surface area contributed by atoms with Crippen LogP contribution in [0.3, 0.4) is 0 Å². The molecule has 1 aromatic heterocycles.